The van der Waals surface area contributed by atoms with Crippen molar-refractivity contribution in [1.29, 1.82) is 0 Å². The van der Waals surface area contributed by atoms with Gasteiger partial charge in [0.2, 0.25) is 5.91 Å². The largest absolute Gasteiger partial charge is 0.497 e. The molecule has 0 spiro atoms. The minimum absolute atomic E-state index is 0.000745. The third-order valence-electron chi connectivity index (χ3n) is 2.33. The summed E-state index contributed by atoms with van der Waals surface area (Å²) < 4.78 is 18.4. The van der Waals surface area contributed by atoms with Crippen molar-refractivity contribution in [2.75, 3.05) is 33.1 Å². The van der Waals surface area contributed by atoms with Gasteiger partial charge in [0.25, 0.3) is 0 Å². The highest BCUT2D eigenvalue weighted by atomic mass is 19.1. The van der Waals surface area contributed by atoms with E-state index < -0.39 is 0 Å². The second-order valence-electron chi connectivity index (χ2n) is 3.81. The van der Waals surface area contributed by atoms with Gasteiger partial charge in [-0.3, -0.25) is 4.79 Å². The Hall–Kier alpha value is -1.78. The number of carbonyl (C=O) groups is 1. The number of hydrogen-bond donors (Lipinski definition) is 1. The Balaban J connectivity index is 2.54. The first-order chi connectivity index (χ1) is 8.04. The number of benzene rings is 1. The Kier molecular flexibility index (Phi) is 4.75. The van der Waals surface area contributed by atoms with Gasteiger partial charge in [-0.15, -0.1) is 0 Å². The topological polar surface area (TPSA) is 41.6 Å². The zero-order valence-electron chi connectivity index (χ0n) is 10.3. The molecular weight excluding hydrogens is 223 g/mol. The molecule has 0 radical (unpaired) electrons. The lowest BCUT2D eigenvalue weighted by atomic mass is 10.2. The van der Waals surface area contributed by atoms with Crippen LogP contribution in [0.1, 0.15) is 6.42 Å². The highest BCUT2D eigenvalue weighted by Gasteiger charge is 2.06. The van der Waals surface area contributed by atoms with Crippen LogP contribution in [0.25, 0.3) is 0 Å². The summed E-state index contributed by atoms with van der Waals surface area (Å²) in [4.78, 5) is 12.8. The van der Waals surface area contributed by atoms with Crippen LogP contribution in [0.3, 0.4) is 0 Å². The van der Waals surface area contributed by atoms with Gasteiger partial charge in [0.15, 0.2) is 0 Å². The van der Waals surface area contributed by atoms with Gasteiger partial charge in [-0.1, -0.05) is 0 Å². The van der Waals surface area contributed by atoms with Crippen molar-refractivity contribution < 1.29 is 13.9 Å². The molecule has 0 saturated heterocycles. The lowest BCUT2D eigenvalue weighted by molar-refractivity contribution is -0.128. The Morgan fingerprint density at radius 1 is 1.47 bits per heavy atom. The molecule has 0 aromatic heterocycles. The van der Waals surface area contributed by atoms with Crippen LogP contribution in [-0.2, 0) is 4.79 Å². The number of nitrogens with zero attached hydrogens (tertiary/aromatic N) is 1. The molecular formula is C12H17FN2O2. The van der Waals surface area contributed by atoms with E-state index >= 15 is 0 Å². The molecule has 1 N–H and O–H groups in total. The van der Waals surface area contributed by atoms with Gasteiger partial charge in [-0.2, -0.15) is 0 Å². The van der Waals surface area contributed by atoms with Gasteiger partial charge in [-0.05, 0) is 12.1 Å². The van der Waals surface area contributed by atoms with Crippen LogP contribution in [0, 0.1) is 5.82 Å². The highest BCUT2D eigenvalue weighted by Crippen LogP contribution is 2.20. The van der Waals surface area contributed by atoms with E-state index in [1.807, 2.05) is 0 Å². The van der Waals surface area contributed by atoms with Crippen LogP contribution < -0.4 is 10.1 Å². The normalized spacial score (nSPS) is 9.88. The molecule has 0 saturated carbocycles. The summed E-state index contributed by atoms with van der Waals surface area (Å²) in [5, 5.41) is 2.87. The van der Waals surface area contributed by atoms with E-state index in [0.29, 0.717) is 24.4 Å². The van der Waals surface area contributed by atoms with Crippen molar-refractivity contribution in [2.24, 2.45) is 0 Å². The number of methoxy groups -OCH3 is 1. The fourth-order valence-corrected chi connectivity index (χ4v) is 1.29. The molecule has 0 aliphatic carbocycles. The lowest BCUT2D eigenvalue weighted by Crippen LogP contribution is -2.24. The molecule has 0 unspecified atom stereocenters. The van der Waals surface area contributed by atoms with Crippen molar-refractivity contribution >= 4 is 11.6 Å². The molecule has 0 aliphatic rings. The summed E-state index contributed by atoms with van der Waals surface area (Å²) in [5.74, 6) is 0.219. The quantitative estimate of drug-likeness (QED) is 0.852. The van der Waals surface area contributed by atoms with Crippen molar-refractivity contribution in [1.82, 2.24) is 4.90 Å². The molecule has 5 heteroatoms. The molecule has 94 valence electrons. The minimum atomic E-state index is -0.358. The van der Waals surface area contributed by atoms with Gasteiger partial charge in [0.05, 0.1) is 12.8 Å². The first-order valence-corrected chi connectivity index (χ1v) is 5.32. The second kappa shape index (κ2) is 6.08. The third-order valence-corrected chi connectivity index (χ3v) is 2.33. The summed E-state index contributed by atoms with van der Waals surface area (Å²) in [6.07, 6.45) is 0.323. The Morgan fingerprint density at radius 2 is 2.18 bits per heavy atom. The van der Waals surface area contributed by atoms with Crippen LogP contribution in [0.2, 0.25) is 0 Å². The van der Waals surface area contributed by atoms with Crippen LogP contribution in [0.5, 0.6) is 5.75 Å². The minimum Gasteiger partial charge on any atom is -0.497 e. The second-order valence-corrected chi connectivity index (χ2v) is 3.81. The predicted octanol–water partition coefficient (Wildman–Crippen LogP) is 1.72. The zero-order chi connectivity index (χ0) is 12.8. The van der Waals surface area contributed by atoms with E-state index in [4.69, 9.17) is 4.74 Å². The smallest absolute Gasteiger partial charge is 0.223 e. The number of carbonyl (C=O) groups excluding carboxylic acids is 1. The van der Waals surface area contributed by atoms with E-state index in [1.54, 1.807) is 26.2 Å². The van der Waals surface area contributed by atoms with Crippen LogP contribution in [0.15, 0.2) is 18.2 Å². The molecule has 0 atom stereocenters. The fourth-order valence-electron chi connectivity index (χ4n) is 1.29. The van der Waals surface area contributed by atoms with Gasteiger partial charge in [-0.25, -0.2) is 4.39 Å². The average Bonchev–Trinajstić information content (AvgIpc) is 2.31. The Bertz CT molecular complexity index is 394. The lowest BCUT2D eigenvalue weighted by Gasteiger charge is -2.12. The summed E-state index contributed by atoms with van der Waals surface area (Å²) in [5.41, 5.74) is 0.343. The van der Waals surface area contributed by atoms with Gasteiger partial charge >= 0.3 is 0 Å². The summed E-state index contributed by atoms with van der Waals surface area (Å²) in [6, 6.07) is 4.44. The molecule has 1 aromatic rings. The molecule has 0 fully saturated rings. The van der Waals surface area contributed by atoms with Crippen molar-refractivity contribution in [3.63, 3.8) is 0 Å². The van der Waals surface area contributed by atoms with Crippen LogP contribution >= 0.6 is 0 Å². The number of halogens is 1. The summed E-state index contributed by atoms with van der Waals surface area (Å²) in [6.45, 7) is 0.390. The SMILES string of the molecule is COc1ccc(F)c(NCCC(=O)N(C)C)c1. The van der Waals surface area contributed by atoms with E-state index in [-0.39, 0.29) is 11.7 Å². The van der Waals surface area contributed by atoms with E-state index in [1.165, 1.54) is 18.1 Å². The number of hydrogen-bond acceptors (Lipinski definition) is 3. The highest BCUT2D eigenvalue weighted by molar-refractivity contribution is 5.76. The molecule has 1 amide bonds. The number of ether oxygens (including phenoxy) is 1. The number of rotatable bonds is 5. The summed E-state index contributed by atoms with van der Waals surface area (Å²) >= 11 is 0. The van der Waals surface area contributed by atoms with Gasteiger partial charge in [0, 0.05) is 33.1 Å². The van der Waals surface area contributed by atoms with Crippen molar-refractivity contribution in [3.8, 4) is 5.75 Å². The first kappa shape index (κ1) is 13.3. The fraction of sp³-hybridized carbons (Fsp3) is 0.417. The van der Waals surface area contributed by atoms with Crippen LogP contribution in [-0.4, -0.2) is 38.6 Å². The van der Waals surface area contributed by atoms with Crippen molar-refractivity contribution in [2.45, 2.75) is 6.42 Å². The van der Waals surface area contributed by atoms with Gasteiger partial charge in [0.1, 0.15) is 11.6 Å². The summed E-state index contributed by atoms with van der Waals surface area (Å²) in [7, 11) is 4.90. The number of nitrogens with one attached hydrogen (secondary N) is 1. The average molecular weight is 240 g/mol. The standard InChI is InChI=1S/C12H17FN2O2/c1-15(2)12(16)6-7-14-11-8-9(17-3)4-5-10(11)13/h4-5,8,14H,6-7H2,1-3H3. The van der Waals surface area contributed by atoms with Crippen LogP contribution in [0.4, 0.5) is 10.1 Å². The molecule has 0 aliphatic heterocycles. The molecule has 1 rings (SSSR count). The molecule has 0 bridgehead atoms. The maximum atomic E-state index is 13.4. The molecule has 4 nitrogen and oxygen atoms in total. The molecule has 0 heterocycles. The van der Waals surface area contributed by atoms with E-state index in [9.17, 15) is 9.18 Å². The van der Waals surface area contributed by atoms with E-state index in [0.717, 1.165) is 0 Å². The monoisotopic (exact) mass is 240 g/mol. The van der Waals surface area contributed by atoms with Gasteiger partial charge < -0.3 is 15.0 Å². The maximum absolute atomic E-state index is 13.4. The number of amides is 1. The number of anilines is 1. The third kappa shape index (κ3) is 3.94. The van der Waals surface area contributed by atoms with Crippen molar-refractivity contribution in [3.05, 3.63) is 24.0 Å². The molecule has 1 aromatic carbocycles. The Morgan fingerprint density at radius 3 is 2.76 bits per heavy atom. The maximum Gasteiger partial charge on any atom is 0.223 e. The Labute approximate surface area is 100 Å². The first-order valence-electron chi connectivity index (χ1n) is 5.32. The predicted molar refractivity (Wildman–Crippen MR) is 64.8 cm³/mol. The molecule has 17 heavy (non-hydrogen) atoms. The zero-order valence-corrected chi connectivity index (χ0v) is 10.3. The van der Waals surface area contributed by atoms with E-state index in [2.05, 4.69) is 5.32 Å².